The molecule has 0 aliphatic carbocycles. The van der Waals surface area contributed by atoms with E-state index in [0.717, 1.165) is 39.5 Å². The Kier molecular flexibility index (Phi) is 5.89. The maximum atomic E-state index is 14.5. The average Bonchev–Trinajstić information content (AvgIpc) is 3.59. The first-order chi connectivity index (χ1) is 18.5. The van der Waals surface area contributed by atoms with E-state index in [1.165, 1.54) is 12.1 Å². The summed E-state index contributed by atoms with van der Waals surface area (Å²) in [6.07, 6.45) is 6.76. The number of rotatable bonds is 6. The molecule has 0 saturated heterocycles. The van der Waals surface area contributed by atoms with Crippen LogP contribution < -0.4 is 5.32 Å². The number of nitrogens with one attached hydrogen (secondary N) is 2. The molecule has 4 heterocycles. The number of hydrogen-bond donors (Lipinski definition) is 2. The molecule has 2 N–H and O–H groups in total. The van der Waals surface area contributed by atoms with Crippen LogP contribution in [-0.2, 0) is 0 Å². The van der Waals surface area contributed by atoms with Crippen LogP contribution in [-0.4, -0.2) is 39.9 Å². The Bertz CT molecular complexity index is 1720. The molecule has 10 heteroatoms. The number of H-pyrrole nitrogens is 1. The van der Waals surface area contributed by atoms with Gasteiger partial charge in [-0.15, -0.1) is 5.10 Å². The molecular formula is C28H22FN9. The van der Waals surface area contributed by atoms with Crippen molar-refractivity contribution in [2.75, 3.05) is 5.32 Å². The van der Waals surface area contributed by atoms with Gasteiger partial charge in [0.05, 0.1) is 17.6 Å². The molecule has 186 valence electrons. The first-order valence-electron chi connectivity index (χ1n) is 11.9. The summed E-state index contributed by atoms with van der Waals surface area (Å²) in [6.45, 7) is 3.84. The number of aryl methyl sites for hydroxylation is 2. The van der Waals surface area contributed by atoms with Gasteiger partial charge < -0.3 is 5.32 Å². The van der Waals surface area contributed by atoms with Gasteiger partial charge in [0.15, 0.2) is 5.82 Å². The number of pyridine rings is 1. The molecule has 38 heavy (non-hydrogen) atoms. The molecule has 9 nitrogen and oxygen atoms in total. The van der Waals surface area contributed by atoms with Crippen molar-refractivity contribution in [3.63, 3.8) is 0 Å². The van der Waals surface area contributed by atoms with Gasteiger partial charge in [-0.25, -0.2) is 24.0 Å². The van der Waals surface area contributed by atoms with Crippen LogP contribution in [0.2, 0.25) is 0 Å². The second kappa shape index (κ2) is 9.66. The molecule has 0 bridgehead atoms. The zero-order valence-corrected chi connectivity index (χ0v) is 20.6. The summed E-state index contributed by atoms with van der Waals surface area (Å²) in [5.41, 5.74) is 7.12. The van der Waals surface area contributed by atoms with Crippen LogP contribution in [0, 0.1) is 19.7 Å². The van der Waals surface area contributed by atoms with Crippen molar-refractivity contribution in [3.05, 3.63) is 103 Å². The van der Waals surface area contributed by atoms with Gasteiger partial charge in [-0.1, -0.05) is 0 Å². The first-order valence-corrected chi connectivity index (χ1v) is 11.9. The third-order valence-corrected chi connectivity index (χ3v) is 6.04. The van der Waals surface area contributed by atoms with E-state index in [-0.39, 0.29) is 5.82 Å². The highest BCUT2D eigenvalue weighted by Crippen LogP contribution is 2.29. The number of anilines is 2. The van der Waals surface area contributed by atoms with Crippen LogP contribution in [0.25, 0.3) is 39.5 Å². The average molecular weight is 504 g/mol. The molecule has 0 amide bonds. The van der Waals surface area contributed by atoms with Crippen molar-refractivity contribution >= 4 is 11.6 Å². The predicted octanol–water partition coefficient (Wildman–Crippen LogP) is 5.68. The highest BCUT2D eigenvalue weighted by Gasteiger charge is 2.11. The van der Waals surface area contributed by atoms with Crippen molar-refractivity contribution in [1.29, 1.82) is 0 Å². The predicted molar refractivity (Wildman–Crippen MR) is 142 cm³/mol. The third kappa shape index (κ3) is 4.74. The molecular weight excluding hydrogens is 481 g/mol. The Balaban J connectivity index is 1.21. The Morgan fingerprint density at radius 3 is 2.45 bits per heavy atom. The fourth-order valence-electron chi connectivity index (χ4n) is 4.06. The summed E-state index contributed by atoms with van der Waals surface area (Å²) in [4.78, 5) is 17.6. The van der Waals surface area contributed by atoms with E-state index in [1.807, 2.05) is 56.3 Å². The van der Waals surface area contributed by atoms with E-state index >= 15 is 0 Å². The molecule has 0 aliphatic heterocycles. The number of nitrogens with zero attached hydrogens (tertiary/aromatic N) is 7. The first kappa shape index (κ1) is 23.2. The van der Waals surface area contributed by atoms with Crippen LogP contribution in [0.4, 0.5) is 16.0 Å². The monoisotopic (exact) mass is 503 g/mol. The van der Waals surface area contributed by atoms with Gasteiger partial charge in [0.1, 0.15) is 12.1 Å². The molecule has 0 unspecified atom stereocenters. The van der Waals surface area contributed by atoms with Gasteiger partial charge in [0.2, 0.25) is 5.95 Å². The topological polar surface area (TPSA) is 110 Å². The molecule has 0 saturated carbocycles. The number of halogens is 1. The van der Waals surface area contributed by atoms with E-state index in [0.29, 0.717) is 23.0 Å². The van der Waals surface area contributed by atoms with Crippen LogP contribution in [0.1, 0.15) is 11.4 Å². The summed E-state index contributed by atoms with van der Waals surface area (Å²) in [5, 5.41) is 14.7. The zero-order chi connectivity index (χ0) is 26.1. The van der Waals surface area contributed by atoms with Gasteiger partial charge in [-0.2, -0.15) is 5.10 Å². The zero-order valence-electron chi connectivity index (χ0n) is 20.6. The number of aromatic amines is 1. The third-order valence-electron chi connectivity index (χ3n) is 6.04. The Hall–Kier alpha value is -5.25. The van der Waals surface area contributed by atoms with Crippen LogP contribution >= 0.6 is 0 Å². The minimum atomic E-state index is -0.350. The largest absolute Gasteiger partial charge is 0.324 e. The van der Waals surface area contributed by atoms with E-state index in [4.69, 9.17) is 0 Å². The number of hydrogen-bond acceptors (Lipinski definition) is 7. The van der Waals surface area contributed by atoms with Crippen LogP contribution in [0.3, 0.4) is 0 Å². The summed E-state index contributed by atoms with van der Waals surface area (Å²) >= 11 is 0. The van der Waals surface area contributed by atoms with E-state index in [1.54, 1.807) is 35.7 Å². The molecule has 0 radical (unpaired) electrons. The highest BCUT2D eigenvalue weighted by atomic mass is 19.1. The molecule has 2 aromatic carbocycles. The smallest absolute Gasteiger partial charge is 0.227 e. The summed E-state index contributed by atoms with van der Waals surface area (Å²) < 4.78 is 16.2. The molecule has 4 aromatic heterocycles. The second-order valence-electron chi connectivity index (χ2n) is 8.78. The molecule has 0 aliphatic rings. The van der Waals surface area contributed by atoms with Gasteiger partial charge >= 0.3 is 0 Å². The molecule has 0 atom stereocenters. The summed E-state index contributed by atoms with van der Waals surface area (Å²) in [5.74, 6) is 0.653. The van der Waals surface area contributed by atoms with Gasteiger partial charge in [0, 0.05) is 46.2 Å². The van der Waals surface area contributed by atoms with E-state index in [2.05, 4.69) is 40.5 Å². The lowest BCUT2D eigenvalue weighted by Crippen LogP contribution is -1.99. The lowest BCUT2D eigenvalue weighted by atomic mass is 10.0. The van der Waals surface area contributed by atoms with Crippen molar-refractivity contribution in [2.45, 2.75) is 13.8 Å². The van der Waals surface area contributed by atoms with Crippen molar-refractivity contribution < 1.29 is 4.39 Å². The maximum absolute atomic E-state index is 14.5. The lowest BCUT2D eigenvalue weighted by molar-refractivity contribution is 0.629. The molecule has 0 spiro atoms. The number of benzene rings is 2. The lowest BCUT2D eigenvalue weighted by Gasteiger charge is -2.09. The Morgan fingerprint density at radius 1 is 0.842 bits per heavy atom. The number of aromatic nitrogens is 8. The molecule has 0 fully saturated rings. The molecule has 6 aromatic rings. The summed E-state index contributed by atoms with van der Waals surface area (Å²) in [6, 6.07) is 18.1. The fraction of sp³-hybridized carbons (Fsp3) is 0.0714. The van der Waals surface area contributed by atoms with Crippen molar-refractivity contribution in [3.8, 4) is 39.5 Å². The molecule has 6 rings (SSSR count). The van der Waals surface area contributed by atoms with E-state index in [9.17, 15) is 4.39 Å². The maximum Gasteiger partial charge on any atom is 0.227 e. The Labute approximate surface area is 217 Å². The van der Waals surface area contributed by atoms with Gasteiger partial charge in [-0.3, -0.25) is 10.1 Å². The van der Waals surface area contributed by atoms with E-state index < -0.39 is 0 Å². The fourth-order valence-corrected chi connectivity index (χ4v) is 4.06. The van der Waals surface area contributed by atoms with Crippen LogP contribution in [0.15, 0.2) is 85.6 Å². The highest BCUT2D eigenvalue weighted by molar-refractivity contribution is 5.73. The SMILES string of the molecule is Cc1ccc(-c2ncn(-c3ccc(Nc4nccc(-c5cc(F)cc(-c6cn[nH]c6C)c5)n4)cc3)n2)cn1. The second-order valence-corrected chi connectivity index (χ2v) is 8.78. The van der Waals surface area contributed by atoms with Gasteiger partial charge in [-0.05, 0) is 80.1 Å². The summed E-state index contributed by atoms with van der Waals surface area (Å²) in [7, 11) is 0. The minimum absolute atomic E-state index is 0.350. The normalized spacial score (nSPS) is 11.0. The standard InChI is InChI=1S/C28H22FN9/c1-17-3-4-19(14-31-17)27-32-16-38(37-27)24-7-5-23(6-8-24)34-28-30-10-9-26(35-28)21-11-20(12-22(29)13-21)25-15-33-36-18(25)2/h3-16H,1-2H3,(H,33,36)(H,30,34,35). The Morgan fingerprint density at radius 2 is 1.68 bits per heavy atom. The van der Waals surface area contributed by atoms with Crippen LogP contribution in [0.5, 0.6) is 0 Å². The minimum Gasteiger partial charge on any atom is -0.324 e. The van der Waals surface area contributed by atoms with Crippen molar-refractivity contribution in [2.24, 2.45) is 0 Å². The quantitative estimate of drug-likeness (QED) is 0.301. The van der Waals surface area contributed by atoms with Gasteiger partial charge in [0.25, 0.3) is 0 Å². The van der Waals surface area contributed by atoms with Crippen molar-refractivity contribution in [1.82, 2.24) is 39.9 Å².